The fourth-order valence-electron chi connectivity index (χ4n) is 2.86. The molecule has 2 rings (SSSR count). The minimum absolute atomic E-state index is 0.0966. The second-order valence-corrected chi connectivity index (χ2v) is 5.51. The molecule has 1 aliphatic heterocycles. The zero-order chi connectivity index (χ0) is 10.7. The summed E-state index contributed by atoms with van der Waals surface area (Å²) in [6, 6.07) is 0.0966. The summed E-state index contributed by atoms with van der Waals surface area (Å²) in [6.07, 6.45) is 5.92. The molecule has 0 spiro atoms. The van der Waals surface area contributed by atoms with Crippen molar-refractivity contribution in [2.24, 2.45) is 11.8 Å². The highest BCUT2D eigenvalue weighted by molar-refractivity contribution is 7.98. The third-order valence-corrected chi connectivity index (χ3v) is 4.25. The Kier molecular flexibility index (Phi) is 3.92. The first kappa shape index (κ1) is 11.3. The van der Waals surface area contributed by atoms with Crippen LogP contribution in [0.4, 0.5) is 0 Å². The molecule has 2 fully saturated rings. The van der Waals surface area contributed by atoms with Gasteiger partial charge in [-0.3, -0.25) is 4.79 Å². The maximum absolute atomic E-state index is 11.9. The monoisotopic (exact) mass is 228 g/mol. The minimum Gasteiger partial charge on any atom is -0.354 e. The van der Waals surface area contributed by atoms with Crippen LogP contribution in [0, 0.1) is 11.8 Å². The van der Waals surface area contributed by atoms with E-state index < -0.39 is 0 Å². The molecule has 1 aliphatic carbocycles. The molecular weight excluding hydrogens is 208 g/mol. The first-order valence-electron chi connectivity index (χ1n) is 5.83. The maximum atomic E-state index is 11.9. The Morgan fingerprint density at radius 1 is 1.53 bits per heavy atom. The van der Waals surface area contributed by atoms with Gasteiger partial charge in [-0.1, -0.05) is 6.42 Å². The largest absolute Gasteiger partial charge is 0.354 e. The third-order valence-electron chi connectivity index (χ3n) is 3.63. The number of amides is 1. The van der Waals surface area contributed by atoms with E-state index in [4.69, 9.17) is 0 Å². The molecule has 0 aromatic heterocycles. The Hall–Kier alpha value is -0.220. The van der Waals surface area contributed by atoms with Crippen LogP contribution in [0.5, 0.6) is 0 Å². The second kappa shape index (κ2) is 5.21. The van der Waals surface area contributed by atoms with Crippen molar-refractivity contribution < 1.29 is 4.79 Å². The predicted molar refractivity (Wildman–Crippen MR) is 64.0 cm³/mol. The zero-order valence-corrected chi connectivity index (χ0v) is 10.1. The Bertz CT molecular complexity index is 235. The average Bonchev–Trinajstić information content (AvgIpc) is 2.78. The number of thioether (sulfide) groups is 1. The first-order chi connectivity index (χ1) is 7.33. The van der Waals surface area contributed by atoms with Crippen molar-refractivity contribution in [3.8, 4) is 0 Å². The molecule has 3 nitrogen and oxygen atoms in total. The van der Waals surface area contributed by atoms with Crippen molar-refractivity contribution in [3.05, 3.63) is 0 Å². The van der Waals surface area contributed by atoms with Crippen LogP contribution in [0.3, 0.4) is 0 Å². The van der Waals surface area contributed by atoms with Crippen molar-refractivity contribution >= 4 is 17.7 Å². The van der Waals surface area contributed by atoms with Crippen LogP contribution in [0.25, 0.3) is 0 Å². The summed E-state index contributed by atoms with van der Waals surface area (Å²) in [5, 5.41) is 6.38. The topological polar surface area (TPSA) is 41.1 Å². The van der Waals surface area contributed by atoms with Crippen molar-refractivity contribution in [1.82, 2.24) is 10.6 Å². The number of fused-ring (bicyclic) bond motifs is 1. The van der Waals surface area contributed by atoms with Crippen molar-refractivity contribution in [1.29, 1.82) is 0 Å². The molecule has 1 heterocycles. The van der Waals surface area contributed by atoms with Gasteiger partial charge >= 0.3 is 0 Å². The highest BCUT2D eigenvalue weighted by Gasteiger charge is 2.42. The van der Waals surface area contributed by atoms with Crippen molar-refractivity contribution in [2.45, 2.75) is 25.3 Å². The van der Waals surface area contributed by atoms with E-state index in [1.165, 1.54) is 19.3 Å². The van der Waals surface area contributed by atoms with E-state index in [9.17, 15) is 4.79 Å². The first-order valence-corrected chi connectivity index (χ1v) is 7.22. The lowest BCUT2D eigenvalue weighted by Crippen LogP contribution is -2.44. The van der Waals surface area contributed by atoms with Gasteiger partial charge in [0.15, 0.2) is 0 Å². The van der Waals surface area contributed by atoms with E-state index in [1.54, 1.807) is 11.8 Å². The number of nitrogens with one attached hydrogen (secondary N) is 2. The summed E-state index contributed by atoms with van der Waals surface area (Å²) in [7, 11) is 0. The Morgan fingerprint density at radius 2 is 2.40 bits per heavy atom. The predicted octanol–water partition coefficient (Wildman–Crippen LogP) is 0.854. The molecule has 3 unspecified atom stereocenters. The standard InChI is InChI=1S/C11H20N2OS/c1-15-6-5-12-11(14)10-9-4-2-3-8(9)7-13-10/h8-10,13H,2-7H2,1H3,(H,12,14). The van der Waals surface area contributed by atoms with Gasteiger partial charge in [0.2, 0.25) is 5.91 Å². The minimum atomic E-state index is 0.0966. The molecule has 0 bridgehead atoms. The lowest BCUT2D eigenvalue weighted by Gasteiger charge is -2.17. The van der Waals surface area contributed by atoms with Crippen molar-refractivity contribution in [3.63, 3.8) is 0 Å². The summed E-state index contributed by atoms with van der Waals surface area (Å²) in [5.74, 6) is 2.60. The number of rotatable bonds is 4. The number of carbonyl (C=O) groups excluding carboxylic acids is 1. The molecule has 1 amide bonds. The lowest BCUT2D eigenvalue weighted by molar-refractivity contribution is -0.123. The molecule has 86 valence electrons. The van der Waals surface area contributed by atoms with Gasteiger partial charge in [-0.25, -0.2) is 0 Å². The summed E-state index contributed by atoms with van der Waals surface area (Å²) in [5.41, 5.74) is 0. The van der Waals surface area contributed by atoms with Gasteiger partial charge in [0.25, 0.3) is 0 Å². The molecular formula is C11H20N2OS. The highest BCUT2D eigenvalue weighted by atomic mass is 32.2. The molecule has 1 saturated carbocycles. The molecule has 4 heteroatoms. The van der Waals surface area contributed by atoms with Crippen molar-refractivity contribution in [2.75, 3.05) is 25.1 Å². The summed E-state index contributed by atoms with van der Waals surface area (Å²) in [4.78, 5) is 11.9. The Balaban J connectivity index is 1.80. The maximum Gasteiger partial charge on any atom is 0.237 e. The van der Waals surface area contributed by atoms with Crippen LogP contribution in [-0.4, -0.2) is 37.0 Å². The van der Waals surface area contributed by atoms with Gasteiger partial charge in [-0.15, -0.1) is 0 Å². The second-order valence-electron chi connectivity index (χ2n) is 4.52. The van der Waals surface area contributed by atoms with E-state index in [2.05, 4.69) is 16.9 Å². The zero-order valence-electron chi connectivity index (χ0n) is 9.29. The molecule has 1 saturated heterocycles. The van der Waals surface area contributed by atoms with Gasteiger partial charge in [0, 0.05) is 12.3 Å². The molecule has 2 N–H and O–H groups in total. The summed E-state index contributed by atoms with van der Waals surface area (Å²) in [6.45, 7) is 1.85. The van der Waals surface area contributed by atoms with E-state index in [0.29, 0.717) is 5.92 Å². The van der Waals surface area contributed by atoms with E-state index >= 15 is 0 Å². The van der Waals surface area contributed by atoms with Crippen LogP contribution in [-0.2, 0) is 4.79 Å². The number of carbonyl (C=O) groups is 1. The summed E-state index contributed by atoms with van der Waals surface area (Å²) >= 11 is 1.77. The number of hydrogen-bond donors (Lipinski definition) is 2. The quantitative estimate of drug-likeness (QED) is 0.701. The molecule has 3 atom stereocenters. The SMILES string of the molecule is CSCCNC(=O)C1NCC2CCCC21. The normalized spacial score (nSPS) is 34.1. The van der Waals surface area contributed by atoms with Crippen LogP contribution in [0.15, 0.2) is 0 Å². The molecule has 0 aromatic rings. The fraction of sp³-hybridized carbons (Fsp3) is 0.909. The Labute approximate surface area is 95.8 Å². The van der Waals surface area contributed by atoms with Crippen LogP contribution in [0.2, 0.25) is 0 Å². The van der Waals surface area contributed by atoms with Crippen LogP contribution in [0.1, 0.15) is 19.3 Å². The molecule has 15 heavy (non-hydrogen) atoms. The number of hydrogen-bond acceptors (Lipinski definition) is 3. The van der Waals surface area contributed by atoms with E-state index in [0.717, 1.165) is 24.8 Å². The van der Waals surface area contributed by atoms with Gasteiger partial charge in [0.1, 0.15) is 0 Å². The lowest BCUT2D eigenvalue weighted by atomic mass is 9.94. The van der Waals surface area contributed by atoms with Crippen LogP contribution < -0.4 is 10.6 Å². The smallest absolute Gasteiger partial charge is 0.237 e. The fourth-order valence-corrected chi connectivity index (χ4v) is 3.17. The summed E-state index contributed by atoms with van der Waals surface area (Å²) < 4.78 is 0. The molecule has 2 aliphatic rings. The highest BCUT2D eigenvalue weighted by Crippen LogP contribution is 2.37. The van der Waals surface area contributed by atoms with Gasteiger partial charge < -0.3 is 10.6 Å². The van der Waals surface area contributed by atoms with Crippen LogP contribution >= 0.6 is 11.8 Å². The average molecular weight is 228 g/mol. The molecule has 0 radical (unpaired) electrons. The Morgan fingerprint density at radius 3 is 3.20 bits per heavy atom. The van der Waals surface area contributed by atoms with E-state index in [1.807, 2.05) is 0 Å². The van der Waals surface area contributed by atoms with Gasteiger partial charge in [-0.05, 0) is 37.5 Å². The van der Waals surface area contributed by atoms with E-state index in [-0.39, 0.29) is 11.9 Å². The van der Waals surface area contributed by atoms with Gasteiger partial charge in [0.05, 0.1) is 6.04 Å². The van der Waals surface area contributed by atoms with Gasteiger partial charge in [-0.2, -0.15) is 11.8 Å². The molecule has 0 aromatic carbocycles. The third kappa shape index (κ3) is 2.48.